The first-order valence-electron chi connectivity index (χ1n) is 4.71. The minimum absolute atomic E-state index is 0.549. The lowest BCUT2D eigenvalue weighted by molar-refractivity contribution is -0.149. The van der Waals surface area contributed by atoms with Gasteiger partial charge >= 0.3 is 5.97 Å². The number of ketones is 2. The van der Waals surface area contributed by atoms with E-state index in [4.69, 9.17) is 16.7 Å². The summed E-state index contributed by atoms with van der Waals surface area (Å²) in [4.78, 5) is 32.1. The SMILES string of the molecule is O=C(/C=C/c1ccc(Cl)cc1)CC(=O)C(=O)O. The second kappa shape index (κ2) is 5.96. The van der Waals surface area contributed by atoms with Crippen molar-refractivity contribution in [3.05, 3.63) is 40.9 Å². The lowest BCUT2D eigenvalue weighted by atomic mass is 10.1. The number of carboxylic acid groups (broad SMARTS) is 1. The lowest BCUT2D eigenvalue weighted by Gasteiger charge is -1.93. The zero-order valence-corrected chi connectivity index (χ0v) is 9.48. The van der Waals surface area contributed by atoms with Gasteiger partial charge in [-0.25, -0.2) is 4.79 Å². The molecule has 5 heteroatoms. The van der Waals surface area contributed by atoms with Crippen LogP contribution in [0.3, 0.4) is 0 Å². The van der Waals surface area contributed by atoms with Crippen LogP contribution in [0.5, 0.6) is 0 Å². The number of hydrogen-bond acceptors (Lipinski definition) is 3. The van der Waals surface area contributed by atoms with Crippen molar-refractivity contribution in [2.45, 2.75) is 6.42 Å². The van der Waals surface area contributed by atoms with Crippen molar-refractivity contribution >= 4 is 35.2 Å². The zero-order chi connectivity index (χ0) is 12.8. The van der Waals surface area contributed by atoms with Gasteiger partial charge in [-0.3, -0.25) is 9.59 Å². The maximum Gasteiger partial charge on any atom is 0.372 e. The number of Topliss-reactive ketones (excluding diaryl/α,β-unsaturated/α-hetero) is 1. The van der Waals surface area contributed by atoms with Gasteiger partial charge in [-0.1, -0.05) is 29.8 Å². The summed E-state index contributed by atoms with van der Waals surface area (Å²) in [7, 11) is 0. The van der Waals surface area contributed by atoms with Crippen LogP contribution in [0, 0.1) is 0 Å². The van der Waals surface area contributed by atoms with Crippen molar-refractivity contribution in [1.82, 2.24) is 0 Å². The minimum atomic E-state index is -1.60. The Labute approximate surface area is 103 Å². The Balaban J connectivity index is 2.59. The third kappa shape index (κ3) is 4.61. The molecule has 4 nitrogen and oxygen atoms in total. The number of halogens is 1. The number of aliphatic carboxylic acids is 1. The van der Waals surface area contributed by atoms with Gasteiger partial charge in [0.2, 0.25) is 5.78 Å². The number of rotatable bonds is 5. The van der Waals surface area contributed by atoms with Crippen LogP contribution < -0.4 is 0 Å². The molecule has 0 fully saturated rings. The number of allylic oxidation sites excluding steroid dienone is 1. The molecule has 0 bridgehead atoms. The lowest BCUT2D eigenvalue weighted by Crippen LogP contribution is -2.15. The van der Waals surface area contributed by atoms with E-state index in [1.165, 1.54) is 12.2 Å². The summed E-state index contributed by atoms with van der Waals surface area (Å²) < 4.78 is 0. The Bertz CT molecular complexity index is 474. The Hall–Kier alpha value is -1.94. The normalized spacial score (nSPS) is 10.4. The van der Waals surface area contributed by atoms with Crippen molar-refractivity contribution in [1.29, 1.82) is 0 Å². The molecule has 0 spiro atoms. The van der Waals surface area contributed by atoms with Gasteiger partial charge in [0.15, 0.2) is 5.78 Å². The molecule has 1 rings (SSSR count). The molecule has 1 N–H and O–H groups in total. The fourth-order valence-electron chi connectivity index (χ4n) is 1.06. The second-order valence-corrected chi connectivity index (χ2v) is 3.69. The molecule has 0 amide bonds. The van der Waals surface area contributed by atoms with Gasteiger partial charge in [-0.05, 0) is 23.8 Å². The largest absolute Gasteiger partial charge is 0.475 e. The molecule has 0 radical (unpaired) electrons. The monoisotopic (exact) mass is 252 g/mol. The maximum atomic E-state index is 11.2. The van der Waals surface area contributed by atoms with E-state index in [1.54, 1.807) is 24.3 Å². The molecule has 88 valence electrons. The van der Waals surface area contributed by atoms with E-state index in [1.807, 2.05) is 0 Å². The molecule has 17 heavy (non-hydrogen) atoms. The fraction of sp³-hybridized carbons (Fsp3) is 0.0833. The minimum Gasteiger partial charge on any atom is -0.475 e. The van der Waals surface area contributed by atoms with Crippen molar-refractivity contribution in [3.8, 4) is 0 Å². The van der Waals surface area contributed by atoms with Gasteiger partial charge in [-0.2, -0.15) is 0 Å². The number of benzene rings is 1. The summed E-state index contributed by atoms with van der Waals surface area (Å²) in [5.41, 5.74) is 0.741. The third-order valence-electron chi connectivity index (χ3n) is 1.91. The van der Waals surface area contributed by atoms with Gasteiger partial charge in [0.1, 0.15) is 0 Å². The van der Waals surface area contributed by atoms with E-state index in [0.29, 0.717) is 5.02 Å². The summed E-state index contributed by atoms with van der Waals surface area (Å²) in [6.45, 7) is 0. The second-order valence-electron chi connectivity index (χ2n) is 3.26. The zero-order valence-electron chi connectivity index (χ0n) is 8.72. The van der Waals surface area contributed by atoms with Crippen LogP contribution in [0.15, 0.2) is 30.3 Å². The average molecular weight is 253 g/mol. The Morgan fingerprint density at radius 1 is 1.18 bits per heavy atom. The number of carbonyl (C=O) groups excluding carboxylic acids is 2. The van der Waals surface area contributed by atoms with Crippen LogP contribution in [-0.4, -0.2) is 22.6 Å². The van der Waals surface area contributed by atoms with Crippen LogP contribution in [-0.2, 0) is 14.4 Å². The van der Waals surface area contributed by atoms with Crippen LogP contribution in [0.25, 0.3) is 6.08 Å². The summed E-state index contributed by atoms with van der Waals surface area (Å²) in [6, 6.07) is 6.72. The molecule has 0 aliphatic carbocycles. The predicted molar refractivity (Wildman–Crippen MR) is 62.8 cm³/mol. The van der Waals surface area contributed by atoms with Crippen LogP contribution in [0.4, 0.5) is 0 Å². The van der Waals surface area contributed by atoms with Crippen LogP contribution in [0.2, 0.25) is 5.02 Å². The van der Waals surface area contributed by atoms with Gasteiger partial charge in [-0.15, -0.1) is 0 Å². The molecule has 0 heterocycles. The first-order chi connectivity index (χ1) is 7.99. The Morgan fingerprint density at radius 2 is 1.76 bits per heavy atom. The van der Waals surface area contributed by atoms with E-state index in [2.05, 4.69) is 0 Å². The molecule has 0 atom stereocenters. The molecule has 0 saturated heterocycles. The van der Waals surface area contributed by atoms with E-state index < -0.39 is 24.0 Å². The van der Waals surface area contributed by atoms with Crippen LogP contribution in [0.1, 0.15) is 12.0 Å². The molecule has 0 unspecified atom stereocenters. The Kier molecular flexibility index (Phi) is 4.60. The first-order valence-corrected chi connectivity index (χ1v) is 5.09. The maximum absolute atomic E-state index is 11.2. The average Bonchev–Trinajstić information content (AvgIpc) is 2.28. The van der Waals surface area contributed by atoms with Crippen LogP contribution >= 0.6 is 11.6 Å². The van der Waals surface area contributed by atoms with E-state index in [0.717, 1.165) is 5.56 Å². The first kappa shape index (κ1) is 13.1. The smallest absolute Gasteiger partial charge is 0.372 e. The van der Waals surface area contributed by atoms with E-state index in [9.17, 15) is 14.4 Å². The number of carboxylic acids is 1. The molecule has 0 aliphatic rings. The van der Waals surface area contributed by atoms with Crippen molar-refractivity contribution < 1.29 is 19.5 Å². The van der Waals surface area contributed by atoms with Crippen molar-refractivity contribution in [2.24, 2.45) is 0 Å². The molecule has 0 aliphatic heterocycles. The molecule has 0 saturated carbocycles. The van der Waals surface area contributed by atoms with Gasteiger partial charge in [0.05, 0.1) is 6.42 Å². The van der Waals surface area contributed by atoms with Crippen molar-refractivity contribution in [3.63, 3.8) is 0 Å². The molecule has 1 aromatic carbocycles. The van der Waals surface area contributed by atoms with Crippen molar-refractivity contribution in [2.75, 3.05) is 0 Å². The highest BCUT2D eigenvalue weighted by Crippen LogP contribution is 2.10. The van der Waals surface area contributed by atoms with E-state index >= 15 is 0 Å². The Morgan fingerprint density at radius 3 is 2.29 bits per heavy atom. The summed E-state index contributed by atoms with van der Waals surface area (Å²) in [5, 5.41) is 8.88. The highest BCUT2D eigenvalue weighted by Gasteiger charge is 2.14. The van der Waals surface area contributed by atoms with E-state index in [-0.39, 0.29) is 0 Å². The molecule has 0 aromatic heterocycles. The number of carbonyl (C=O) groups is 3. The third-order valence-corrected chi connectivity index (χ3v) is 2.16. The summed E-state index contributed by atoms with van der Waals surface area (Å²) in [6.07, 6.45) is 2.04. The van der Waals surface area contributed by atoms with Gasteiger partial charge in [0.25, 0.3) is 0 Å². The molecular weight excluding hydrogens is 244 g/mol. The highest BCUT2D eigenvalue weighted by molar-refractivity contribution is 6.37. The van der Waals surface area contributed by atoms with Gasteiger partial charge < -0.3 is 5.11 Å². The topological polar surface area (TPSA) is 71.4 Å². The number of hydrogen-bond donors (Lipinski definition) is 1. The predicted octanol–water partition coefficient (Wildman–Crippen LogP) is 1.97. The highest BCUT2D eigenvalue weighted by atomic mass is 35.5. The fourth-order valence-corrected chi connectivity index (χ4v) is 1.18. The quantitative estimate of drug-likeness (QED) is 0.494. The molecular formula is C12H9ClO4. The molecule has 1 aromatic rings. The summed E-state index contributed by atoms with van der Waals surface area (Å²) >= 11 is 5.68. The summed E-state index contributed by atoms with van der Waals surface area (Å²) in [5.74, 6) is -3.26. The van der Waals surface area contributed by atoms with Gasteiger partial charge in [0, 0.05) is 5.02 Å². The standard InChI is InChI=1S/C12H9ClO4/c13-9-4-1-8(2-5-9)3-6-10(14)7-11(15)12(16)17/h1-6H,7H2,(H,16,17)/b6-3+.